The highest BCUT2D eigenvalue weighted by Crippen LogP contribution is 2.32. The molecule has 2 atom stereocenters. The van der Waals surface area contributed by atoms with E-state index in [9.17, 15) is 9.90 Å². The van der Waals surface area contributed by atoms with Gasteiger partial charge in [0.15, 0.2) is 0 Å². The molecule has 6 nitrogen and oxygen atoms in total. The molecule has 6 heteroatoms. The minimum absolute atomic E-state index is 0.0762. The molecule has 0 saturated carbocycles. The van der Waals surface area contributed by atoms with Gasteiger partial charge in [0.05, 0.1) is 23.7 Å². The van der Waals surface area contributed by atoms with Gasteiger partial charge in [0, 0.05) is 5.39 Å². The molecule has 3 aromatic carbocycles. The molecule has 2 heterocycles. The van der Waals surface area contributed by atoms with Crippen molar-refractivity contribution in [3.63, 3.8) is 0 Å². The minimum Gasteiger partial charge on any atom is -0.458 e. The van der Waals surface area contributed by atoms with Crippen LogP contribution in [0.5, 0.6) is 0 Å². The van der Waals surface area contributed by atoms with E-state index in [1.54, 1.807) is 19.9 Å². The average Bonchev–Trinajstić information content (AvgIpc) is 3.45. The molecular weight excluding hydrogens is 464 g/mol. The Hall–Kier alpha value is -4.16. The van der Waals surface area contributed by atoms with Crippen molar-refractivity contribution in [1.29, 1.82) is 0 Å². The van der Waals surface area contributed by atoms with Gasteiger partial charge in [0.1, 0.15) is 23.2 Å². The lowest BCUT2D eigenvalue weighted by Gasteiger charge is -2.22. The second-order valence-electron chi connectivity index (χ2n) is 9.61. The SMILES string of the molecule is Cc1ccc([C@H](NC(=O)Cc2ccc3oc(C(O)c4c(C)noc4C)cc3c2)c2ccccc2)c(C)c1. The Bertz CT molecular complexity index is 1550. The summed E-state index contributed by atoms with van der Waals surface area (Å²) in [6.07, 6.45) is -0.758. The van der Waals surface area contributed by atoms with E-state index in [1.165, 1.54) is 5.56 Å². The molecule has 0 spiro atoms. The largest absolute Gasteiger partial charge is 0.458 e. The fourth-order valence-corrected chi connectivity index (χ4v) is 4.91. The van der Waals surface area contributed by atoms with Gasteiger partial charge < -0.3 is 19.4 Å². The fraction of sp³-hybridized carbons (Fsp3) is 0.226. The zero-order valence-electron chi connectivity index (χ0n) is 21.4. The number of aliphatic hydroxyl groups excluding tert-OH is 1. The fourth-order valence-electron chi connectivity index (χ4n) is 4.91. The van der Waals surface area contributed by atoms with Gasteiger partial charge in [-0.15, -0.1) is 0 Å². The predicted molar refractivity (Wildman–Crippen MR) is 142 cm³/mol. The third kappa shape index (κ3) is 5.06. The zero-order chi connectivity index (χ0) is 26.1. The van der Waals surface area contributed by atoms with Crippen molar-refractivity contribution in [3.8, 4) is 0 Å². The third-order valence-electron chi connectivity index (χ3n) is 6.77. The first kappa shape index (κ1) is 24.5. The quantitative estimate of drug-likeness (QED) is 0.282. The van der Waals surface area contributed by atoms with E-state index < -0.39 is 6.10 Å². The van der Waals surface area contributed by atoms with Crippen LogP contribution in [0, 0.1) is 27.7 Å². The Morgan fingerprint density at radius 3 is 2.46 bits per heavy atom. The Morgan fingerprint density at radius 1 is 0.973 bits per heavy atom. The molecule has 5 rings (SSSR count). The lowest BCUT2D eigenvalue weighted by atomic mass is 9.93. The number of hydrogen-bond acceptors (Lipinski definition) is 5. The van der Waals surface area contributed by atoms with Crippen molar-refractivity contribution >= 4 is 16.9 Å². The maximum atomic E-state index is 13.2. The molecule has 37 heavy (non-hydrogen) atoms. The molecule has 0 fully saturated rings. The number of carbonyl (C=O) groups excluding carboxylic acids is 1. The molecule has 0 radical (unpaired) electrons. The monoisotopic (exact) mass is 494 g/mol. The molecule has 2 N–H and O–H groups in total. The summed E-state index contributed by atoms with van der Waals surface area (Å²) in [6.45, 7) is 7.69. The topological polar surface area (TPSA) is 88.5 Å². The maximum Gasteiger partial charge on any atom is 0.225 e. The highest BCUT2D eigenvalue weighted by molar-refractivity contribution is 5.83. The van der Waals surface area contributed by atoms with Crippen molar-refractivity contribution in [2.45, 2.75) is 46.3 Å². The van der Waals surface area contributed by atoms with Crippen LogP contribution in [0.2, 0.25) is 0 Å². The van der Waals surface area contributed by atoms with E-state index in [0.717, 1.165) is 27.6 Å². The van der Waals surface area contributed by atoms with Gasteiger partial charge in [0.2, 0.25) is 5.91 Å². The van der Waals surface area contributed by atoms with Crippen molar-refractivity contribution in [2.24, 2.45) is 0 Å². The van der Waals surface area contributed by atoms with Crippen molar-refractivity contribution in [2.75, 3.05) is 0 Å². The lowest BCUT2D eigenvalue weighted by molar-refractivity contribution is -0.120. The zero-order valence-corrected chi connectivity index (χ0v) is 21.4. The number of aliphatic hydroxyl groups is 1. The van der Waals surface area contributed by atoms with E-state index in [4.69, 9.17) is 8.94 Å². The van der Waals surface area contributed by atoms with Gasteiger partial charge in [-0.1, -0.05) is 65.3 Å². The van der Waals surface area contributed by atoms with Crippen molar-refractivity contribution < 1.29 is 18.8 Å². The van der Waals surface area contributed by atoms with Crippen LogP contribution >= 0.6 is 0 Å². The van der Waals surface area contributed by atoms with E-state index in [2.05, 4.69) is 42.5 Å². The number of aryl methyl sites for hydroxylation is 4. The number of furan rings is 1. The van der Waals surface area contributed by atoms with Gasteiger partial charge in [0.25, 0.3) is 0 Å². The summed E-state index contributed by atoms with van der Waals surface area (Å²) in [4.78, 5) is 13.2. The molecule has 0 aliphatic heterocycles. The smallest absolute Gasteiger partial charge is 0.225 e. The summed E-state index contributed by atoms with van der Waals surface area (Å²) in [5, 5.41) is 18.8. The number of nitrogens with zero attached hydrogens (tertiary/aromatic N) is 1. The van der Waals surface area contributed by atoms with Gasteiger partial charge >= 0.3 is 0 Å². The maximum absolute atomic E-state index is 13.2. The predicted octanol–water partition coefficient (Wildman–Crippen LogP) is 6.18. The average molecular weight is 495 g/mol. The van der Waals surface area contributed by atoms with E-state index >= 15 is 0 Å². The summed E-state index contributed by atoms with van der Waals surface area (Å²) in [7, 11) is 0. The van der Waals surface area contributed by atoms with Crippen LogP contribution in [0.4, 0.5) is 0 Å². The van der Waals surface area contributed by atoms with E-state index in [-0.39, 0.29) is 18.4 Å². The third-order valence-corrected chi connectivity index (χ3v) is 6.77. The summed E-state index contributed by atoms with van der Waals surface area (Å²) in [5.41, 5.74) is 7.17. The lowest BCUT2D eigenvalue weighted by Crippen LogP contribution is -2.31. The number of aromatic nitrogens is 1. The number of hydrogen-bond donors (Lipinski definition) is 2. The molecule has 0 aliphatic carbocycles. The molecule has 1 amide bonds. The van der Waals surface area contributed by atoms with Crippen LogP contribution in [0.1, 0.15) is 62.7 Å². The van der Waals surface area contributed by atoms with Crippen LogP contribution in [-0.4, -0.2) is 16.2 Å². The number of fused-ring (bicyclic) bond motifs is 1. The molecule has 0 aliphatic rings. The molecule has 1 unspecified atom stereocenters. The Balaban J connectivity index is 1.37. The number of carbonyl (C=O) groups is 1. The number of benzene rings is 3. The highest BCUT2D eigenvalue weighted by atomic mass is 16.5. The minimum atomic E-state index is -0.977. The van der Waals surface area contributed by atoms with E-state index in [0.29, 0.717) is 28.4 Å². The number of rotatable bonds is 7. The summed E-state index contributed by atoms with van der Waals surface area (Å²) >= 11 is 0. The highest BCUT2D eigenvalue weighted by Gasteiger charge is 2.24. The van der Waals surface area contributed by atoms with Crippen molar-refractivity contribution in [1.82, 2.24) is 10.5 Å². The first-order chi connectivity index (χ1) is 17.8. The molecule has 2 aromatic heterocycles. The van der Waals surface area contributed by atoms with Crippen LogP contribution in [0.15, 0.2) is 81.7 Å². The van der Waals surface area contributed by atoms with Crippen LogP contribution in [-0.2, 0) is 11.2 Å². The Labute approximate surface area is 215 Å². The van der Waals surface area contributed by atoms with Gasteiger partial charge in [-0.3, -0.25) is 4.79 Å². The first-order valence-electron chi connectivity index (χ1n) is 12.3. The Morgan fingerprint density at radius 2 is 1.76 bits per heavy atom. The Kier molecular flexibility index (Phi) is 6.68. The normalized spacial score (nSPS) is 13.0. The second-order valence-corrected chi connectivity index (χ2v) is 9.61. The summed E-state index contributed by atoms with van der Waals surface area (Å²) in [5.74, 6) is 0.886. The number of nitrogens with one attached hydrogen (secondary N) is 1. The number of amides is 1. The molecule has 188 valence electrons. The molecule has 5 aromatic rings. The molecule has 0 saturated heterocycles. The van der Waals surface area contributed by atoms with Crippen LogP contribution in [0.25, 0.3) is 11.0 Å². The van der Waals surface area contributed by atoms with Crippen LogP contribution in [0.3, 0.4) is 0 Å². The first-order valence-corrected chi connectivity index (χ1v) is 12.3. The summed E-state index contributed by atoms with van der Waals surface area (Å²) < 4.78 is 11.1. The van der Waals surface area contributed by atoms with Crippen LogP contribution < -0.4 is 5.32 Å². The van der Waals surface area contributed by atoms with Gasteiger partial charge in [-0.25, -0.2) is 0 Å². The van der Waals surface area contributed by atoms with Gasteiger partial charge in [-0.05, 0) is 68.1 Å². The van der Waals surface area contributed by atoms with Gasteiger partial charge in [-0.2, -0.15) is 0 Å². The second kappa shape index (κ2) is 10.1. The summed E-state index contributed by atoms with van der Waals surface area (Å²) in [6, 6.07) is 23.5. The van der Waals surface area contributed by atoms with Crippen molar-refractivity contribution in [3.05, 3.63) is 123 Å². The standard InChI is InChI=1S/C31H30N2O4/c1-18-10-12-25(19(2)14-18)30(23-8-6-5-7-9-23)32-28(34)16-22-11-13-26-24(15-22)17-27(36-26)31(35)29-20(3)33-37-21(29)4/h5-15,17,30-31,35H,16H2,1-4H3,(H,32,34)/t30-,31?/m1/s1. The molecular formula is C31H30N2O4. The van der Waals surface area contributed by atoms with E-state index in [1.807, 2.05) is 48.5 Å². The molecule has 0 bridgehead atoms.